The van der Waals surface area contributed by atoms with Gasteiger partial charge in [0, 0.05) is 5.56 Å². The van der Waals surface area contributed by atoms with E-state index in [9.17, 15) is 4.39 Å². The standard InChI is InChI=1S/C9H10FNO/c1-7-8(6-11-12-2)4-3-5-9(7)10/h3-6H,1-2H3/b11-6+. The summed E-state index contributed by atoms with van der Waals surface area (Å²) in [6, 6.07) is 4.83. The zero-order chi connectivity index (χ0) is 8.97. The molecule has 12 heavy (non-hydrogen) atoms. The summed E-state index contributed by atoms with van der Waals surface area (Å²) in [5, 5.41) is 3.55. The quantitative estimate of drug-likeness (QED) is 0.488. The summed E-state index contributed by atoms with van der Waals surface area (Å²) >= 11 is 0. The van der Waals surface area contributed by atoms with E-state index in [0.29, 0.717) is 5.56 Å². The smallest absolute Gasteiger partial charge is 0.126 e. The molecule has 0 aromatic heterocycles. The molecule has 0 spiro atoms. The Kier molecular flexibility index (Phi) is 2.80. The first kappa shape index (κ1) is 8.71. The summed E-state index contributed by atoms with van der Waals surface area (Å²) in [4.78, 5) is 4.49. The Morgan fingerprint density at radius 2 is 2.25 bits per heavy atom. The lowest BCUT2D eigenvalue weighted by molar-refractivity contribution is 0.215. The van der Waals surface area contributed by atoms with Gasteiger partial charge in [0.15, 0.2) is 0 Å². The highest BCUT2D eigenvalue weighted by atomic mass is 19.1. The molecule has 0 bridgehead atoms. The Morgan fingerprint density at radius 1 is 1.50 bits per heavy atom. The Balaban J connectivity index is 3.00. The van der Waals surface area contributed by atoms with Crippen LogP contribution >= 0.6 is 0 Å². The van der Waals surface area contributed by atoms with Gasteiger partial charge in [0.25, 0.3) is 0 Å². The van der Waals surface area contributed by atoms with E-state index in [4.69, 9.17) is 0 Å². The van der Waals surface area contributed by atoms with Crippen LogP contribution in [0.4, 0.5) is 4.39 Å². The minimum Gasteiger partial charge on any atom is -0.399 e. The lowest BCUT2D eigenvalue weighted by atomic mass is 10.1. The van der Waals surface area contributed by atoms with Gasteiger partial charge in [-0.15, -0.1) is 0 Å². The van der Waals surface area contributed by atoms with E-state index in [0.717, 1.165) is 5.56 Å². The lowest BCUT2D eigenvalue weighted by Gasteiger charge is -1.99. The molecule has 0 heterocycles. The highest BCUT2D eigenvalue weighted by molar-refractivity contribution is 5.81. The fourth-order valence-electron chi connectivity index (χ4n) is 0.873. The topological polar surface area (TPSA) is 21.6 Å². The second kappa shape index (κ2) is 3.85. The molecule has 0 N–H and O–H groups in total. The van der Waals surface area contributed by atoms with Gasteiger partial charge in [-0.05, 0) is 18.6 Å². The maximum atomic E-state index is 12.9. The number of hydrogen-bond acceptors (Lipinski definition) is 2. The van der Waals surface area contributed by atoms with Gasteiger partial charge < -0.3 is 4.84 Å². The summed E-state index contributed by atoms with van der Waals surface area (Å²) in [7, 11) is 1.45. The van der Waals surface area contributed by atoms with Crippen molar-refractivity contribution in [2.45, 2.75) is 6.92 Å². The fraction of sp³-hybridized carbons (Fsp3) is 0.222. The largest absolute Gasteiger partial charge is 0.399 e. The summed E-state index contributed by atoms with van der Waals surface area (Å²) in [5.41, 5.74) is 1.31. The van der Waals surface area contributed by atoms with Crippen LogP contribution < -0.4 is 0 Å². The molecule has 0 unspecified atom stereocenters. The summed E-state index contributed by atoms with van der Waals surface area (Å²) < 4.78 is 12.9. The van der Waals surface area contributed by atoms with Crippen LogP contribution in [0.3, 0.4) is 0 Å². The van der Waals surface area contributed by atoms with Gasteiger partial charge in [-0.2, -0.15) is 0 Å². The zero-order valence-corrected chi connectivity index (χ0v) is 7.04. The van der Waals surface area contributed by atoms with Crippen LogP contribution in [-0.2, 0) is 4.84 Å². The van der Waals surface area contributed by atoms with Crippen LogP contribution in [-0.4, -0.2) is 13.3 Å². The summed E-state index contributed by atoms with van der Waals surface area (Å²) in [6.07, 6.45) is 1.48. The molecule has 0 radical (unpaired) electrons. The normalized spacial score (nSPS) is 10.6. The van der Waals surface area contributed by atoms with Gasteiger partial charge in [-0.1, -0.05) is 17.3 Å². The predicted molar refractivity (Wildman–Crippen MR) is 45.7 cm³/mol. The van der Waals surface area contributed by atoms with Gasteiger partial charge in [-0.3, -0.25) is 0 Å². The fourth-order valence-corrected chi connectivity index (χ4v) is 0.873. The third-order valence-electron chi connectivity index (χ3n) is 1.61. The van der Waals surface area contributed by atoms with Crippen LogP contribution in [0.2, 0.25) is 0 Å². The van der Waals surface area contributed by atoms with E-state index in [-0.39, 0.29) is 5.82 Å². The first-order valence-corrected chi connectivity index (χ1v) is 3.57. The number of halogens is 1. The SMILES string of the molecule is CO/N=C/c1cccc(F)c1C. The molecule has 0 saturated heterocycles. The minimum atomic E-state index is -0.227. The molecule has 3 heteroatoms. The number of rotatable bonds is 2. The van der Waals surface area contributed by atoms with E-state index in [1.165, 1.54) is 19.4 Å². The average Bonchev–Trinajstić information content (AvgIpc) is 2.08. The van der Waals surface area contributed by atoms with Gasteiger partial charge in [0.1, 0.15) is 12.9 Å². The van der Waals surface area contributed by atoms with Crippen molar-refractivity contribution in [1.29, 1.82) is 0 Å². The number of hydrogen-bond donors (Lipinski definition) is 0. The molecule has 0 saturated carbocycles. The Bertz CT molecular complexity index is 297. The molecule has 0 aliphatic heterocycles. The summed E-state index contributed by atoms with van der Waals surface area (Å²) in [5.74, 6) is -0.227. The van der Waals surface area contributed by atoms with Gasteiger partial charge >= 0.3 is 0 Å². The molecule has 0 fully saturated rings. The third-order valence-corrected chi connectivity index (χ3v) is 1.61. The van der Waals surface area contributed by atoms with Crippen molar-refractivity contribution in [2.24, 2.45) is 5.16 Å². The van der Waals surface area contributed by atoms with E-state index in [1.54, 1.807) is 19.1 Å². The molecule has 0 aliphatic rings. The number of oxime groups is 1. The second-order valence-corrected chi connectivity index (χ2v) is 2.37. The molecule has 1 rings (SSSR count). The van der Waals surface area contributed by atoms with Crippen LogP contribution in [0.5, 0.6) is 0 Å². The van der Waals surface area contributed by atoms with Crippen molar-refractivity contribution < 1.29 is 9.23 Å². The van der Waals surface area contributed by atoms with Crippen molar-refractivity contribution in [3.63, 3.8) is 0 Å². The Hall–Kier alpha value is -1.38. The monoisotopic (exact) mass is 167 g/mol. The first-order valence-electron chi connectivity index (χ1n) is 3.57. The van der Waals surface area contributed by atoms with Crippen LogP contribution in [0.25, 0.3) is 0 Å². The number of benzene rings is 1. The first-order chi connectivity index (χ1) is 5.75. The minimum absolute atomic E-state index is 0.227. The lowest BCUT2D eigenvalue weighted by Crippen LogP contribution is -1.90. The molecule has 0 atom stereocenters. The molecule has 64 valence electrons. The van der Waals surface area contributed by atoms with Crippen LogP contribution in [0.15, 0.2) is 23.4 Å². The molecule has 1 aromatic carbocycles. The Morgan fingerprint density at radius 3 is 2.92 bits per heavy atom. The molecule has 2 nitrogen and oxygen atoms in total. The van der Waals surface area contributed by atoms with Crippen LogP contribution in [0, 0.1) is 12.7 Å². The van der Waals surface area contributed by atoms with E-state index in [1.807, 2.05) is 0 Å². The Labute approximate surface area is 70.7 Å². The van der Waals surface area contributed by atoms with E-state index >= 15 is 0 Å². The maximum Gasteiger partial charge on any atom is 0.126 e. The van der Waals surface area contributed by atoms with Gasteiger partial charge in [0.05, 0.1) is 6.21 Å². The van der Waals surface area contributed by atoms with Crippen molar-refractivity contribution in [3.8, 4) is 0 Å². The second-order valence-electron chi connectivity index (χ2n) is 2.37. The van der Waals surface area contributed by atoms with Crippen molar-refractivity contribution in [3.05, 3.63) is 35.1 Å². The molecule has 1 aromatic rings. The average molecular weight is 167 g/mol. The summed E-state index contributed by atoms with van der Waals surface area (Å²) in [6.45, 7) is 1.70. The van der Waals surface area contributed by atoms with Gasteiger partial charge in [-0.25, -0.2) is 4.39 Å². The molecule has 0 aliphatic carbocycles. The molecular weight excluding hydrogens is 157 g/mol. The highest BCUT2D eigenvalue weighted by Gasteiger charge is 1.99. The van der Waals surface area contributed by atoms with Crippen LogP contribution in [0.1, 0.15) is 11.1 Å². The van der Waals surface area contributed by atoms with Crippen molar-refractivity contribution in [1.82, 2.24) is 0 Å². The van der Waals surface area contributed by atoms with E-state index < -0.39 is 0 Å². The molecule has 0 amide bonds. The zero-order valence-electron chi connectivity index (χ0n) is 7.04. The number of nitrogens with zero attached hydrogens (tertiary/aromatic N) is 1. The predicted octanol–water partition coefficient (Wildman–Crippen LogP) is 2.11. The van der Waals surface area contributed by atoms with E-state index in [2.05, 4.69) is 9.99 Å². The molecular formula is C9H10FNO. The van der Waals surface area contributed by atoms with Gasteiger partial charge in [0.2, 0.25) is 0 Å². The maximum absolute atomic E-state index is 12.9. The van der Waals surface area contributed by atoms with Crippen molar-refractivity contribution >= 4 is 6.21 Å². The third kappa shape index (κ3) is 1.81. The highest BCUT2D eigenvalue weighted by Crippen LogP contribution is 2.09. The van der Waals surface area contributed by atoms with Crippen molar-refractivity contribution in [2.75, 3.05) is 7.11 Å².